The molecule has 4 rings (SSSR count). The lowest BCUT2D eigenvalue weighted by Crippen LogP contribution is -2.22. The van der Waals surface area contributed by atoms with Crippen LogP contribution in [0.2, 0.25) is 0 Å². The first-order valence-corrected chi connectivity index (χ1v) is 11.5. The molecular formula is C25H24BrN3O5. The third-order valence-electron chi connectivity index (χ3n) is 5.60. The van der Waals surface area contributed by atoms with Gasteiger partial charge in [0.2, 0.25) is 0 Å². The number of benzene rings is 2. The standard InChI is InChI=1S/C25H24BrN3O5/c1-14-22-18(28-29-24(30)16-7-4-5-8-17(16)26)9-6-10-21(22)34-23(14)25(31)27-19-13-15(32-2)11-12-20(19)33-3/h4-5,7-8,11-13H,6,9-10H2,1-3H3,(H,27,31)(H,29,30)/b28-18+. The lowest BCUT2D eigenvalue weighted by molar-refractivity contribution is 0.0952. The zero-order chi connectivity index (χ0) is 24.2. The van der Waals surface area contributed by atoms with Gasteiger partial charge in [0.05, 0.1) is 31.2 Å². The molecule has 34 heavy (non-hydrogen) atoms. The maximum Gasteiger partial charge on any atom is 0.291 e. The van der Waals surface area contributed by atoms with Gasteiger partial charge in [-0.25, -0.2) is 5.43 Å². The summed E-state index contributed by atoms with van der Waals surface area (Å²) in [7, 11) is 3.08. The number of fused-ring (bicyclic) bond motifs is 1. The molecule has 0 radical (unpaired) electrons. The second-order valence-corrected chi connectivity index (χ2v) is 8.56. The number of carbonyl (C=O) groups excluding carboxylic acids is 2. The van der Waals surface area contributed by atoms with Gasteiger partial charge >= 0.3 is 0 Å². The van der Waals surface area contributed by atoms with E-state index in [-0.39, 0.29) is 11.7 Å². The first kappa shape index (κ1) is 23.6. The van der Waals surface area contributed by atoms with Crippen molar-refractivity contribution < 1.29 is 23.5 Å². The summed E-state index contributed by atoms with van der Waals surface area (Å²) in [5, 5.41) is 7.22. The van der Waals surface area contributed by atoms with Crippen LogP contribution in [0, 0.1) is 6.92 Å². The van der Waals surface area contributed by atoms with Crippen LogP contribution < -0.4 is 20.2 Å². The van der Waals surface area contributed by atoms with Gasteiger partial charge in [-0.15, -0.1) is 0 Å². The topological polar surface area (TPSA) is 102 Å². The number of ether oxygens (including phenoxy) is 2. The molecule has 0 atom stereocenters. The average Bonchev–Trinajstić information content (AvgIpc) is 3.20. The average molecular weight is 526 g/mol. The Morgan fingerprint density at radius 1 is 1.06 bits per heavy atom. The Bertz CT molecular complexity index is 1280. The maximum atomic E-state index is 13.1. The van der Waals surface area contributed by atoms with E-state index in [9.17, 15) is 9.59 Å². The minimum atomic E-state index is -0.407. The molecule has 0 spiro atoms. The van der Waals surface area contributed by atoms with Gasteiger partial charge in [0.1, 0.15) is 17.3 Å². The van der Waals surface area contributed by atoms with Crippen molar-refractivity contribution in [1.82, 2.24) is 5.43 Å². The van der Waals surface area contributed by atoms with Crippen molar-refractivity contribution in [3.05, 3.63) is 75.1 Å². The first-order chi connectivity index (χ1) is 16.4. The summed E-state index contributed by atoms with van der Waals surface area (Å²) in [5.74, 6) is 1.23. The quantitative estimate of drug-likeness (QED) is 0.436. The normalized spacial score (nSPS) is 13.8. The highest BCUT2D eigenvalue weighted by Crippen LogP contribution is 2.33. The molecule has 1 aliphatic rings. The molecule has 176 valence electrons. The fraction of sp³-hybridized carbons (Fsp3) is 0.240. The predicted octanol–water partition coefficient (Wildman–Crippen LogP) is 5.09. The third kappa shape index (κ3) is 4.70. The van der Waals surface area contributed by atoms with E-state index >= 15 is 0 Å². The van der Waals surface area contributed by atoms with E-state index < -0.39 is 5.91 Å². The highest BCUT2D eigenvalue weighted by atomic mass is 79.9. The largest absolute Gasteiger partial charge is 0.497 e. The molecule has 9 heteroatoms. The summed E-state index contributed by atoms with van der Waals surface area (Å²) in [6, 6.07) is 12.3. The van der Waals surface area contributed by atoms with E-state index in [1.807, 2.05) is 13.0 Å². The molecule has 2 aromatic carbocycles. The van der Waals surface area contributed by atoms with Gasteiger partial charge in [0.25, 0.3) is 11.8 Å². The molecule has 0 bridgehead atoms. The van der Waals surface area contributed by atoms with Gasteiger partial charge in [0.15, 0.2) is 5.76 Å². The van der Waals surface area contributed by atoms with E-state index in [4.69, 9.17) is 13.9 Å². The molecule has 1 aliphatic carbocycles. The van der Waals surface area contributed by atoms with E-state index in [1.54, 1.807) is 43.5 Å². The van der Waals surface area contributed by atoms with Gasteiger partial charge in [-0.3, -0.25) is 9.59 Å². The number of halogens is 1. The van der Waals surface area contributed by atoms with E-state index in [0.29, 0.717) is 57.1 Å². The number of methoxy groups -OCH3 is 2. The summed E-state index contributed by atoms with van der Waals surface area (Å²) in [6.45, 7) is 1.82. The minimum absolute atomic E-state index is 0.196. The Kier molecular flexibility index (Phi) is 7.02. The lowest BCUT2D eigenvalue weighted by Gasteiger charge is -2.13. The number of nitrogens with zero attached hydrogens (tertiary/aromatic N) is 1. The summed E-state index contributed by atoms with van der Waals surface area (Å²) < 4.78 is 17.2. The van der Waals surface area contributed by atoms with Crippen LogP contribution in [0.25, 0.3) is 0 Å². The summed E-state index contributed by atoms with van der Waals surface area (Å²) in [5.41, 5.74) is 5.70. The smallest absolute Gasteiger partial charge is 0.291 e. The van der Waals surface area contributed by atoms with Crippen LogP contribution in [-0.4, -0.2) is 31.7 Å². The second kappa shape index (κ2) is 10.1. The lowest BCUT2D eigenvalue weighted by atomic mass is 9.93. The number of furan rings is 1. The number of aryl methyl sites for hydroxylation is 1. The van der Waals surface area contributed by atoms with E-state index in [0.717, 1.165) is 12.0 Å². The Hall–Kier alpha value is -3.59. The molecule has 2 amide bonds. The zero-order valence-corrected chi connectivity index (χ0v) is 20.6. The van der Waals surface area contributed by atoms with Crippen molar-refractivity contribution in [1.29, 1.82) is 0 Å². The molecular weight excluding hydrogens is 502 g/mol. The van der Waals surface area contributed by atoms with Crippen molar-refractivity contribution in [2.24, 2.45) is 5.10 Å². The summed E-state index contributed by atoms with van der Waals surface area (Å²) >= 11 is 3.38. The molecule has 0 aliphatic heterocycles. The molecule has 0 saturated heterocycles. The monoisotopic (exact) mass is 525 g/mol. The Morgan fingerprint density at radius 3 is 2.59 bits per heavy atom. The predicted molar refractivity (Wildman–Crippen MR) is 132 cm³/mol. The minimum Gasteiger partial charge on any atom is -0.497 e. The molecule has 8 nitrogen and oxygen atoms in total. The van der Waals surface area contributed by atoms with Crippen LogP contribution in [-0.2, 0) is 6.42 Å². The third-order valence-corrected chi connectivity index (χ3v) is 6.29. The van der Waals surface area contributed by atoms with Gasteiger partial charge in [-0.05, 0) is 60.0 Å². The fourth-order valence-electron chi connectivity index (χ4n) is 3.91. The van der Waals surface area contributed by atoms with Crippen LogP contribution in [0.4, 0.5) is 5.69 Å². The number of hydrogen-bond donors (Lipinski definition) is 2. The SMILES string of the molecule is COc1ccc(OC)c(NC(=O)c2oc3c(c2C)/C(=N/NC(=O)c2ccccc2Br)CCC3)c1. The number of nitrogens with one attached hydrogen (secondary N) is 2. The molecule has 1 heterocycles. The van der Waals surface area contributed by atoms with Crippen molar-refractivity contribution >= 4 is 39.1 Å². The number of amides is 2. The van der Waals surface area contributed by atoms with Crippen molar-refractivity contribution in [2.45, 2.75) is 26.2 Å². The summed E-state index contributed by atoms with van der Waals surface area (Å²) in [4.78, 5) is 25.7. The van der Waals surface area contributed by atoms with Gasteiger partial charge in [-0.1, -0.05) is 12.1 Å². The van der Waals surface area contributed by atoms with Gasteiger partial charge in [-0.2, -0.15) is 5.10 Å². The van der Waals surface area contributed by atoms with E-state index in [2.05, 4.69) is 31.8 Å². The Balaban J connectivity index is 1.59. The Morgan fingerprint density at radius 2 is 1.85 bits per heavy atom. The molecule has 0 unspecified atom stereocenters. The second-order valence-electron chi connectivity index (χ2n) is 7.71. The highest BCUT2D eigenvalue weighted by molar-refractivity contribution is 9.10. The van der Waals surface area contributed by atoms with Gasteiger partial charge in [0, 0.05) is 28.1 Å². The van der Waals surface area contributed by atoms with Gasteiger partial charge < -0.3 is 19.2 Å². The molecule has 0 fully saturated rings. The number of anilines is 1. The molecule has 1 aromatic heterocycles. The molecule has 3 aromatic rings. The van der Waals surface area contributed by atoms with Crippen LogP contribution in [0.1, 0.15) is 50.6 Å². The van der Waals surface area contributed by atoms with Crippen molar-refractivity contribution in [2.75, 3.05) is 19.5 Å². The Labute approximate surface area is 205 Å². The first-order valence-electron chi connectivity index (χ1n) is 10.7. The number of carbonyl (C=O) groups is 2. The van der Waals surface area contributed by atoms with Crippen molar-refractivity contribution in [3.63, 3.8) is 0 Å². The van der Waals surface area contributed by atoms with Crippen LogP contribution in [0.5, 0.6) is 11.5 Å². The van der Waals surface area contributed by atoms with Crippen LogP contribution in [0.3, 0.4) is 0 Å². The van der Waals surface area contributed by atoms with Crippen molar-refractivity contribution in [3.8, 4) is 11.5 Å². The molecule has 0 saturated carbocycles. The highest BCUT2D eigenvalue weighted by Gasteiger charge is 2.28. The number of rotatable bonds is 6. The van der Waals surface area contributed by atoms with E-state index in [1.165, 1.54) is 7.11 Å². The number of hydrogen-bond acceptors (Lipinski definition) is 6. The van der Waals surface area contributed by atoms with Crippen LogP contribution in [0.15, 0.2) is 56.5 Å². The maximum absolute atomic E-state index is 13.1. The van der Waals surface area contributed by atoms with Crippen LogP contribution >= 0.6 is 15.9 Å². The zero-order valence-electron chi connectivity index (χ0n) is 19.0. The summed E-state index contributed by atoms with van der Waals surface area (Å²) in [6.07, 6.45) is 2.14. The number of hydrazone groups is 1. The molecule has 2 N–H and O–H groups in total. The fourth-order valence-corrected chi connectivity index (χ4v) is 4.38.